The third-order valence-electron chi connectivity index (χ3n) is 2.17. The third kappa shape index (κ3) is 2.36. The zero-order chi connectivity index (χ0) is 11.4. The quantitative estimate of drug-likeness (QED) is 0.456. The van der Waals surface area contributed by atoms with Gasteiger partial charge in [-0.3, -0.25) is 4.79 Å². The number of carbonyl (C=O) groups is 1. The maximum Gasteiger partial charge on any atom is 0.185 e. The summed E-state index contributed by atoms with van der Waals surface area (Å²) in [6.07, 6.45) is 1.49. The first-order chi connectivity index (χ1) is 7.83. The van der Waals surface area contributed by atoms with Crippen LogP contribution in [-0.4, -0.2) is 18.8 Å². The van der Waals surface area contributed by atoms with Gasteiger partial charge in [-0.25, -0.2) is 0 Å². The molecular weight excluding hydrogens is 228 g/mol. The number of benzene rings is 1. The number of hydrogen-bond donors (Lipinski definition) is 0. The number of alkyl halides is 1. The molecule has 4 heteroatoms. The SMILES string of the molecule is O=Cc1cc2ccc(OCCCCl)cc2o1. The molecule has 1 aromatic heterocycles. The summed E-state index contributed by atoms with van der Waals surface area (Å²) in [5, 5.41) is 0.895. The Morgan fingerprint density at radius 2 is 2.25 bits per heavy atom. The number of halogens is 1. The van der Waals surface area contributed by atoms with Crippen LogP contribution in [0.15, 0.2) is 28.7 Å². The normalized spacial score (nSPS) is 10.6. The molecule has 3 nitrogen and oxygen atoms in total. The molecule has 0 saturated heterocycles. The maximum absolute atomic E-state index is 10.5. The Hall–Kier alpha value is -1.48. The van der Waals surface area contributed by atoms with E-state index in [0.29, 0.717) is 30.1 Å². The molecule has 1 aromatic carbocycles. The third-order valence-corrected chi connectivity index (χ3v) is 2.44. The van der Waals surface area contributed by atoms with Gasteiger partial charge in [0.2, 0.25) is 0 Å². The molecular formula is C12H11ClO3. The Kier molecular flexibility index (Phi) is 3.47. The van der Waals surface area contributed by atoms with Crippen molar-refractivity contribution in [3.63, 3.8) is 0 Å². The van der Waals surface area contributed by atoms with Crippen LogP contribution in [0.5, 0.6) is 5.75 Å². The largest absolute Gasteiger partial charge is 0.493 e. The van der Waals surface area contributed by atoms with Crippen molar-refractivity contribution in [1.29, 1.82) is 0 Å². The zero-order valence-corrected chi connectivity index (χ0v) is 9.37. The summed E-state index contributed by atoms with van der Waals surface area (Å²) < 4.78 is 10.8. The van der Waals surface area contributed by atoms with Crippen molar-refractivity contribution in [2.45, 2.75) is 6.42 Å². The first-order valence-corrected chi connectivity index (χ1v) is 5.54. The van der Waals surface area contributed by atoms with Crippen LogP contribution in [0.1, 0.15) is 17.0 Å². The molecule has 0 fully saturated rings. The number of fused-ring (bicyclic) bond motifs is 1. The van der Waals surface area contributed by atoms with Crippen LogP contribution in [0.3, 0.4) is 0 Å². The summed E-state index contributed by atoms with van der Waals surface area (Å²) >= 11 is 5.55. The molecule has 0 spiro atoms. The minimum absolute atomic E-state index is 0.327. The molecule has 0 amide bonds. The van der Waals surface area contributed by atoms with Gasteiger partial charge < -0.3 is 9.15 Å². The molecule has 0 bridgehead atoms. The van der Waals surface area contributed by atoms with Gasteiger partial charge in [-0.1, -0.05) is 0 Å². The fourth-order valence-corrected chi connectivity index (χ4v) is 1.53. The van der Waals surface area contributed by atoms with Gasteiger partial charge in [-0.2, -0.15) is 0 Å². The van der Waals surface area contributed by atoms with E-state index in [-0.39, 0.29) is 0 Å². The van der Waals surface area contributed by atoms with Crippen LogP contribution in [0, 0.1) is 0 Å². The average Bonchev–Trinajstić information content (AvgIpc) is 2.71. The van der Waals surface area contributed by atoms with Crippen molar-refractivity contribution >= 4 is 28.9 Å². The van der Waals surface area contributed by atoms with Gasteiger partial charge in [-0.05, 0) is 24.6 Å². The summed E-state index contributed by atoms with van der Waals surface area (Å²) in [4.78, 5) is 10.5. The Morgan fingerprint density at radius 1 is 1.38 bits per heavy atom. The van der Waals surface area contributed by atoms with Gasteiger partial charge in [0.05, 0.1) is 6.61 Å². The highest BCUT2D eigenvalue weighted by Gasteiger charge is 2.04. The van der Waals surface area contributed by atoms with Gasteiger partial charge in [0.15, 0.2) is 12.0 Å². The Bertz CT molecular complexity index is 490. The van der Waals surface area contributed by atoms with Crippen molar-refractivity contribution in [2.24, 2.45) is 0 Å². The van der Waals surface area contributed by atoms with Gasteiger partial charge in [-0.15, -0.1) is 11.6 Å². The second kappa shape index (κ2) is 5.03. The molecule has 1 heterocycles. The first kappa shape index (κ1) is 11.0. The maximum atomic E-state index is 10.5. The second-order valence-corrected chi connectivity index (χ2v) is 3.74. The van der Waals surface area contributed by atoms with E-state index in [1.807, 2.05) is 12.1 Å². The first-order valence-electron chi connectivity index (χ1n) is 5.01. The summed E-state index contributed by atoms with van der Waals surface area (Å²) in [5.74, 6) is 1.63. The van der Waals surface area contributed by atoms with Gasteiger partial charge in [0, 0.05) is 17.3 Å². The van der Waals surface area contributed by atoms with E-state index in [4.69, 9.17) is 20.8 Å². The minimum atomic E-state index is 0.327. The summed E-state index contributed by atoms with van der Waals surface area (Å²) in [6.45, 7) is 0.580. The predicted octanol–water partition coefficient (Wildman–Crippen LogP) is 3.25. The Labute approximate surface area is 97.9 Å². The van der Waals surface area contributed by atoms with Crippen LogP contribution in [0.2, 0.25) is 0 Å². The van der Waals surface area contributed by atoms with Gasteiger partial charge in [0.1, 0.15) is 11.3 Å². The molecule has 0 aliphatic heterocycles. The highest BCUT2D eigenvalue weighted by molar-refractivity contribution is 6.17. The number of aldehydes is 1. The summed E-state index contributed by atoms with van der Waals surface area (Å²) in [5.41, 5.74) is 0.658. The van der Waals surface area contributed by atoms with Crippen LogP contribution in [-0.2, 0) is 0 Å². The van der Waals surface area contributed by atoms with Crippen molar-refractivity contribution in [3.8, 4) is 5.75 Å². The standard InChI is InChI=1S/C12H11ClO3/c13-4-1-5-15-10-3-2-9-6-11(8-14)16-12(9)7-10/h2-3,6-8H,1,4-5H2. The van der Waals surface area contributed by atoms with Crippen molar-refractivity contribution in [3.05, 3.63) is 30.0 Å². The molecule has 0 aliphatic rings. The smallest absolute Gasteiger partial charge is 0.185 e. The Balaban J connectivity index is 2.18. The molecule has 0 N–H and O–H groups in total. The zero-order valence-electron chi connectivity index (χ0n) is 8.61. The van der Waals surface area contributed by atoms with E-state index in [1.165, 1.54) is 0 Å². The molecule has 2 rings (SSSR count). The van der Waals surface area contributed by atoms with Crippen LogP contribution in [0.4, 0.5) is 0 Å². The monoisotopic (exact) mass is 238 g/mol. The van der Waals surface area contributed by atoms with E-state index in [9.17, 15) is 4.79 Å². The van der Waals surface area contributed by atoms with E-state index < -0.39 is 0 Å². The second-order valence-electron chi connectivity index (χ2n) is 3.36. The van der Waals surface area contributed by atoms with E-state index in [0.717, 1.165) is 17.6 Å². The van der Waals surface area contributed by atoms with Crippen LogP contribution in [0.25, 0.3) is 11.0 Å². The average molecular weight is 239 g/mol. The number of furan rings is 1. The fourth-order valence-electron chi connectivity index (χ4n) is 1.42. The van der Waals surface area contributed by atoms with Crippen molar-refractivity contribution in [1.82, 2.24) is 0 Å². The highest BCUT2D eigenvalue weighted by Crippen LogP contribution is 2.23. The number of hydrogen-bond acceptors (Lipinski definition) is 3. The lowest BCUT2D eigenvalue weighted by molar-refractivity contribution is 0.110. The van der Waals surface area contributed by atoms with Crippen LogP contribution < -0.4 is 4.74 Å². The topological polar surface area (TPSA) is 39.4 Å². The molecule has 0 atom stereocenters. The van der Waals surface area contributed by atoms with Crippen molar-refractivity contribution < 1.29 is 13.9 Å². The fraction of sp³-hybridized carbons (Fsp3) is 0.250. The van der Waals surface area contributed by atoms with E-state index in [1.54, 1.807) is 12.1 Å². The molecule has 0 unspecified atom stereocenters. The lowest BCUT2D eigenvalue weighted by atomic mass is 10.2. The van der Waals surface area contributed by atoms with Gasteiger partial charge in [0.25, 0.3) is 0 Å². The highest BCUT2D eigenvalue weighted by atomic mass is 35.5. The molecule has 0 radical (unpaired) electrons. The molecule has 0 aliphatic carbocycles. The lowest BCUT2D eigenvalue weighted by Crippen LogP contribution is -1.97. The molecule has 84 valence electrons. The summed E-state index contributed by atoms with van der Waals surface area (Å²) in [7, 11) is 0. The Morgan fingerprint density at radius 3 is 3.00 bits per heavy atom. The molecule has 16 heavy (non-hydrogen) atoms. The molecule has 0 saturated carbocycles. The van der Waals surface area contributed by atoms with E-state index >= 15 is 0 Å². The number of rotatable bonds is 5. The lowest BCUT2D eigenvalue weighted by Gasteiger charge is -2.03. The van der Waals surface area contributed by atoms with Crippen LogP contribution >= 0.6 is 11.6 Å². The number of ether oxygens (including phenoxy) is 1. The van der Waals surface area contributed by atoms with Gasteiger partial charge >= 0.3 is 0 Å². The van der Waals surface area contributed by atoms with Crippen molar-refractivity contribution in [2.75, 3.05) is 12.5 Å². The van der Waals surface area contributed by atoms with E-state index in [2.05, 4.69) is 0 Å². The minimum Gasteiger partial charge on any atom is -0.493 e. The molecule has 2 aromatic rings. The number of carbonyl (C=O) groups excluding carboxylic acids is 1. The summed E-state index contributed by atoms with van der Waals surface area (Å²) in [6, 6.07) is 7.18. The predicted molar refractivity (Wildman–Crippen MR) is 62.4 cm³/mol.